The van der Waals surface area contributed by atoms with Crippen LogP contribution in [0, 0.1) is 5.92 Å². The molecule has 0 rings (SSSR count). The quantitative estimate of drug-likeness (QED) is 0.165. The summed E-state index contributed by atoms with van der Waals surface area (Å²) in [6.45, 7) is 1.90. The highest BCUT2D eigenvalue weighted by molar-refractivity contribution is 7.98. The van der Waals surface area contributed by atoms with Crippen molar-refractivity contribution in [2.45, 2.75) is 44.4 Å². The van der Waals surface area contributed by atoms with Gasteiger partial charge in [-0.2, -0.15) is 11.8 Å². The van der Waals surface area contributed by atoms with Crippen LogP contribution < -0.4 is 21.7 Å². The van der Waals surface area contributed by atoms with E-state index >= 15 is 0 Å². The van der Waals surface area contributed by atoms with Crippen molar-refractivity contribution in [3.8, 4) is 0 Å². The molecule has 0 saturated heterocycles. The van der Waals surface area contributed by atoms with Gasteiger partial charge in [-0.3, -0.25) is 14.4 Å². The van der Waals surface area contributed by atoms with E-state index < -0.39 is 67.0 Å². The third-order valence-corrected chi connectivity index (χ3v) is 4.47. The van der Waals surface area contributed by atoms with Crippen LogP contribution >= 0.6 is 11.8 Å². The van der Waals surface area contributed by atoms with Crippen molar-refractivity contribution < 1.29 is 34.5 Å². The first-order chi connectivity index (χ1) is 13.1. The van der Waals surface area contributed by atoms with Crippen LogP contribution in [-0.2, 0) is 19.2 Å². The summed E-state index contributed by atoms with van der Waals surface area (Å²) in [5.41, 5.74) is 5.34. The third-order valence-electron chi connectivity index (χ3n) is 3.82. The standard InChI is InChI=1S/C16H30N4O7S/c1-8(2)12(15(25)18-10(16(26)27)4-5-28-3)20-14(24)11(7-22)19-13(23)9(17)6-21/h8-12,21-22H,4-7,17H2,1-3H3,(H,18,25)(H,19,23)(H,20,24)(H,26,27). The van der Waals surface area contributed by atoms with Gasteiger partial charge in [-0.1, -0.05) is 13.8 Å². The van der Waals surface area contributed by atoms with E-state index in [0.717, 1.165) is 0 Å². The van der Waals surface area contributed by atoms with Gasteiger partial charge >= 0.3 is 5.97 Å². The summed E-state index contributed by atoms with van der Waals surface area (Å²) in [4.78, 5) is 47.8. The van der Waals surface area contributed by atoms with Crippen molar-refractivity contribution in [2.75, 3.05) is 25.2 Å². The lowest BCUT2D eigenvalue weighted by molar-refractivity contribution is -0.142. The number of aliphatic carboxylic acids is 1. The Balaban J connectivity index is 5.10. The maximum absolute atomic E-state index is 12.5. The van der Waals surface area contributed by atoms with Crippen molar-refractivity contribution in [1.82, 2.24) is 16.0 Å². The van der Waals surface area contributed by atoms with Crippen molar-refractivity contribution >= 4 is 35.5 Å². The molecule has 0 bridgehead atoms. The zero-order valence-corrected chi connectivity index (χ0v) is 17.0. The van der Waals surface area contributed by atoms with Gasteiger partial charge in [0.1, 0.15) is 24.2 Å². The number of carbonyl (C=O) groups excluding carboxylic acids is 3. The van der Waals surface area contributed by atoms with Gasteiger partial charge in [-0.15, -0.1) is 0 Å². The summed E-state index contributed by atoms with van der Waals surface area (Å²) >= 11 is 1.44. The number of nitrogens with two attached hydrogens (primary N) is 1. The highest BCUT2D eigenvalue weighted by Crippen LogP contribution is 2.06. The number of aliphatic hydroxyl groups is 2. The Labute approximate surface area is 167 Å². The van der Waals surface area contributed by atoms with Crippen LogP contribution in [0.1, 0.15) is 20.3 Å². The van der Waals surface area contributed by atoms with Gasteiger partial charge in [0.15, 0.2) is 0 Å². The Morgan fingerprint density at radius 1 is 0.929 bits per heavy atom. The molecule has 0 radical (unpaired) electrons. The average molecular weight is 423 g/mol. The molecule has 0 aromatic rings. The molecule has 0 saturated carbocycles. The summed E-state index contributed by atoms with van der Waals surface area (Å²) < 4.78 is 0. The number of nitrogens with one attached hydrogen (secondary N) is 3. The number of thioether (sulfide) groups is 1. The first-order valence-corrected chi connectivity index (χ1v) is 10.1. The van der Waals surface area contributed by atoms with Crippen molar-refractivity contribution in [3.05, 3.63) is 0 Å². The number of rotatable bonds is 13. The van der Waals surface area contributed by atoms with Crippen molar-refractivity contribution in [3.63, 3.8) is 0 Å². The fraction of sp³-hybridized carbons (Fsp3) is 0.750. The van der Waals surface area contributed by atoms with Crippen LogP contribution in [0.5, 0.6) is 0 Å². The topological polar surface area (TPSA) is 191 Å². The van der Waals surface area contributed by atoms with Crippen molar-refractivity contribution in [2.24, 2.45) is 11.7 Å². The van der Waals surface area contributed by atoms with E-state index in [1.54, 1.807) is 13.8 Å². The van der Waals surface area contributed by atoms with Gasteiger partial charge in [-0.25, -0.2) is 4.79 Å². The number of carboxylic acids is 1. The fourth-order valence-electron chi connectivity index (χ4n) is 2.10. The van der Waals surface area contributed by atoms with E-state index in [2.05, 4.69) is 16.0 Å². The normalized spacial score (nSPS) is 15.2. The van der Waals surface area contributed by atoms with Gasteiger partial charge in [0.2, 0.25) is 17.7 Å². The molecule has 0 aliphatic heterocycles. The number of carbonyl (C=O) groups is 4. The summed E-state index contributed by atoms with van der Waals surface area (Å²) in [7, 11) is 0. The first kappa shape index (κ1) is 26.1. The second-order valence-electron chi connectivity index (χ2n) is 6.44. The minimum absolute atomic E-state index is 0.218. The Morgan fingerprint density at radius 3 is 1.93 bits per heavy atom. The first-order valence-electron chi connectivity index (χ1n) is 8.69. The molecule has 0 aromatic heterocycles. The monoisotopic (exact) mass is 422 g/mol. The van der Waals surface area contributed by atoms with E-state index in [-0.39, 0.29) is 6.42 Å². The van der Waals surface area contributed by atoms with E-state index in [4.69, 9.17) is 10.8 Å². The Hall–Kier alpha value is -1.89. The maximum atomic E-state index is 12.5. The molecule has 0 spiro atoms. The molecule has 162 valence electrons. The average Bonchev–Trinajstić information content (AvgIpc) is 2.65. The third kappa shape index (κ3) is 8.87. The molecule has 0 aliphatic rings. The van der Waals surface area contributed by atoms with Gasteiger partial charge < -0.3 is 37.0 Å². The predicted octanol–water partition coefficient (Wildman–Crippen LogP) is -2.75. The molecule has 0 fully saturated rings. The van der Waals surface area contributed by atoms with Crippen molar-refractivity contribution in [1.29, 1.82) is 0 Å². The summed E-state index contributed by atoms with van der Waals surface area (Å²) in [6.07, 6.45) is 2.03. The molecule has 8 N–H and O–H groups in total. The van der Waals surface area contributed by atoms with Gasteiger partial charge in [0.25, 0.3) is 0 Å². The largest absolute Gasteiger partial charge is 0.480 e. The number of hydrogen-bond acceptors (Lipinski definition) is 8. The molecule has 0 heterocycles. The number of amides is 3. The van der Waals surface area contributed by atoms with E-state index in [1.807, 2.05) is 6.26 Å². The summed E-state index contributed by atoms with van der Waals surface area (Å²) in [5, 5.41) is 34.4. The minimum atomic E-state index is -1.38. The Bertz CT molecular complexity index is 547. The number of carboxylic acid groups (broad SMARTS) is 1. The van der Waals surface area contributed by atoms with Crippen LogP contribution in [0.25, 0.3) is 0 Å². The van der Waals surface area contributed by atoms with Crippen LogP contribution in [0.3, 0.4) is 0 Å². The fourth-order valence-corrected chi connectivity index (χ4v) is 2.57. The number of hydrogen-bond donors (Lipinski definition) is 7. The zero-order chi connectivity index (χ0) is 21.9. The molecule has 0 aliphatic carbocycles. The van der Waals surface area contributed by atoms with E-state index in [1.165, 1.54) is 11.8 Å². The predicted molar refractivity (Wildman–Crippen MR) is 103 cm³/mol. The van der Waals surface area contributed by atoms with Gasteiger partial charge in [-0.05, 0) is 24.3 Å². The Morgan fingerprint density at radius 2 is 1.50 bits per heavy atom. The molecule has 3 amide bonds. The summed E-state index contributed by atoms with van der Waals surface area (Å²) in [6, 6.07) is -4.83. The lowest BCUT2D eigenvalue weighted by atomic mass is 10.0. The minimum Gasteiger partial charge on any atom is -0.480 e. The molecule has 4 atom stereocenters. The molecular formula is C16H30N4O7S. The molecular weight excluding hydrogens is 392 g/mol. The van der Waals surface area contributed by atoms with Gasteiger partial charge in [0, 0.05) is 0 Å². The Kier molecular flexibility index (Phi) is 12.4. The molecule has 0 aromatic carbocycles. The maximum Gasteiger partial charge on any atom is 0.326 e. The van der Waals surface area contributed by atoms with Crippen LogP contribution in [0.15, 0.2) is 0 Å². The van der Waals surface area contributed by atoms with E-state index in [9.17, 15) is 29.4 Å². The molecule has 11 nitrogen and oxygen atoms in total. The smallest absolute Gasteiger partial charge is 0.326 e. The van der Waals surface area contributed by atoms with E-state index in [0.29, 0.717) is 5.75 Å². The second kappa shape index (κ2) is 13.3. The lowest BCUT2D eigenvalue weighted by Gasteiger charge is -2.26. The zero-order valence-electron chi connectivity index (χ0n) is 16.2. The SMILES string of the molecule is CSCCC(NC(=O)C(NC(=O)C(CO)NC(=O)C(N)CO)C(C)C)C(=O)O. The van der Waals surface area contributed by atoms with Gasteiger partial charge in [0.05, 0.1) is 13.2 Å². The second-order valence-corrected chi connectivity index (χ2v) is 7.43. The molecule has 28 heavy (non-hydrogen) atoms. The van der Waals surface area contributed by atoms with Crippen LogP contribution in [-0.4, -0.2) is 88.4 Å². The lowest BCUT2D eigenvalue weighted by Crippen LogP contribution is -2.59. The molecule has 4 unspecified atom stereocenters. The number of aliphatic hydroxyl groups excluding tert-OH is 2. The van der Waals surface area contributed by atoms with Crippen LogP contribution in [0.4, 0.5) is 0 Å². The molecule has 12 heteroatoms. The highest BCUT2D eigenvalue weighted by atomic mass is 32.2. The highest BCUT2D eigenvalue weighted by Gasteiger charge is 2.31. The summed E-state index contributed by atoms with van der Waals surface area (Å²) in [5.74, 6) is -3.42. The van der Waals surface area contributed by atoms with Crippen LogP contribution in [0.2, 0.25) is 0 Å².